The minimum atomic E-state index is -1.49. The van der Waals surface area contributed by atoms with Crippen LogP contribution in [-0.4, -0.2) is 36.5 Å². The summed E-state index contributed by atoms with van der Waals surface area (Å²) in [5.41, 5.74) is -0.754. The molecule has 0 spiro atoms. The molecule has 1 fully saturated rings. The maximum absolute atomic E-state index is 12.2. The summed E-state index contributed by atoms with van der Waals surface area (Å²) >= 11 is 0. The average molecular weight is 277 g/mol. The van der Waals surface area contributed by atoms with Crippen molar-refractivity contribution >= 4 is 17.9 Å². The summed E-state index contributed by atoms with van der Waals surface area (Å²) in [6.45, 7) is 0.751. The molecule has 1 aromatic rings. The van der Waals surface area contributed by atoms with Gasteiger partial charge in [0, 0.05) is 0 Å². The van der Waals surface area contributed by atoms with Gasteiger partial charge < -0.3 is 20.0 Å². The van der Waals surface area contributed by atoms with Gasteiger partial charge in [0.15, 0.2) is 0 Å². The van der Waals surface area contributed by atoms with Crippen LogP contribution < -0.4 is 15.2 Å². The molecular weight excluding hydrogens is 264 g/mol. The summed E-state index contributed by atoms with van der Waals surface area (Å²) in [6.07, 6.45) is 0. The zero-order valence-electron chi connectivity index (χ0n) is 11.0. The highest BCUT2D eigenvalue weighted by Crippen LogP contribution is 2.29. The molecule has 106 valence electrons. The van der Waals surface area contributed by atoms with Crippen LogP contribution in [0.2, 0.25) is 0 Å². The van der Waals surface area contributed by atoms with E-state index >= 15 is 0 Å². The van der Waals surface area contributed by atoms with E-state index in [2.05, 4.69) is 5.32 Å². The predicted octanol–water partition coefficient (Wildman–Crippen LogP) is -0.788. The third-order valence-corrected chi connectivity index (χ3v) is 3.23. The first-order chi connectivity index (χ1) is 9.38. The van der Waals surface area contributed by atoms with E-state index in [1.54, 1.807) is 24.3 Å². The zero-order valence-corrected chi connectivity index (χ0v) is 11.0. The number of carboxylic acids is 1. The van der Waals surface area contributed by atoms with Crippen LogP contribution >= 0.6 is 0 Å². The van der Waals surface area contributed by atoms with Crippen LogP contribution in [0.15, 0.2) is 24.3 Å². The summed E-state index contributed by atoms with van der Waals surface area (Å²) in [5.74, 6) is -1.51. The number of nitrogens with one attached hydrogen (secondary N) is 1. The first-order valence-corrected chi connectivity index (χ1v) is 5.87. The molecule has 0 unspecified atom stereocenters. The number of carbonyl (C=O) groups is 3. The third-order valence-electron chi connectivity index (χ3n) is 3.23. The van der Waals surface area contributed by atoms with Crippen molar-refractivity contribution in [3.63, 3.8) is 0 Å². The molecule has 1 aliphatic rings. The Morgan fingerprint density at radius 2 is 1.95 bits per heavy atom. The van der Waals surface area contributed by atoms with Gasteiger partial charge in [-0.2, -0.15) is 0 Å². The highest BCUT2D eigenvalue weighted by molar-refractivity contribution is 6.08. The molecule has 1 aliphatic heterocycles. The van der Waals surface area contributed by atoms with Crippen molar-refractivity contribution in [2.45, 2.75) is 12.5 Å². The monoisotopic (exact) mass is 277 g/mol. The number of rotatable bonds is 4. The van der Waals surface area contributed by atoms with Gasteiger partial charge in [-0.25, -0.2) is 4.79 Å². The fourth-order valence-electron chi connectivity index (χ4n) is 2.09. The fourth-order valence-corrected chi connectivity index (χ4v) is 2.09. The van der Waals surface area contributed by atoms with E-state index in [1.807, 2.05) is 0 Å². The fraction of sp³-hybridized carbons (Fsp3) is 0.308. The Morgan fingerprint density at radius 3 is 2.45 bits per heavy atom. The van der Waals surface area contributed by atoms with Crippen molar-refractivity contribution in [1.29, 1.82) is 0 Å². The summed E-state index contributed by atoms with van der Waals surface area (Å²) in [6, 6.07) is 5.83. The Kier molecular flexibility index (Phi) is 3.35. The second kappa shape index (κ2) is 4.84. The molecule has 0 aromatic heterocycles. The van der Waals surface area contributed by atoms with Crippen LogP contribution in [0.3, 0.4) is 0 Å². The molecule has 1 atom stereocenters. The van der Waals surface area contributed by atoms with Crippen molar-refractivity contribution in [1.82, 2.24) is 10.2 Å². The summed E-state index contributed by atoms with van der Waals surface area (Å²) in [7, 11) is 1.51. The SMILES string of the molecule is COc1ccc([C@@]2(C)NC(=O)N(CC(=O)[O-])C2=O)cc1. The second-order valence-corrected chi connectivity index (χ2v) is 4.55. The number of carbonyl (C=O) groups excluding carboxylic acids is 3. The van der Waals surface area contributed by atoms with E-state index in [4.69, 9.17) is 4.74 Å². The van der Waals surface area contributed by atoms with Crippen LogP contribution in [0.5, 0.6) is 5.75 Å². The van der Waals surface area contributed by atoms with Crippen molar-refractivity contribution in [3.8, 4) is 5.75 Å². The zero-order chi connectivity index (χ0) is 14.9. The van der Waals surface area contributed by atoms with E-state index in [9.17, 15) is 19.5 Å². The third kappa shape index (κ3) is 2.18. The van der Waals surface area contributed by atoms with E-state index in [-0.39, 0.29) is 0 Å². The van der Waals surface area contributed by atoms with Crippen molar-refractivity contribution in [2.24, 2.45) is 0 Å². The Balaban J connectivity index is 2.32. The van der Waals surface area contributed by atoms with Gasteiger partial charge in [-0.15, -0.1) is 0 Å². The quantitative estimate of drug-likeness (QED) is 0.727. The molecule has 3 amide bonds. The number of nitrogens with zero attached hydrogens (tertiary/aromatic N) is 1. The van der Waals surface area contributed by atoms with Crippen LogP contribution in [0, 0.1) is 0 Å². The van der Waals surface area contributed by atoms with Crippen LogP contribution in [-0.2, 0) is 15.1 Å². The maximum atomic E-state index is 12.2. The molecule has 1 saturated heterocycles. The van der Waals surface area contributed by atoms with E-state index in [0.29, 0.717) is 16.2 Å². The minimum absolute atomic E-state index is 0.539. The van der Waals surface area contributed by atoms with Gasteiger partial charge in [-0.3, -0.25) is 9.69 Å². The van der Waals surface area contributed by atoms with Gasteiger partial charge in [0.1, 0.15) is 11.3 Å². The summed E-state index contributed by atoms with van der Waals surface area (Å²) < 4.78 is 5.02. The molecule has 0 aliphatic carbocycles. The summed E-state index contributed by atoms with van der Waals surface area (Å²) in [4.78, 5) is 35.2. The first-order valence-electron chi connectivity index (χ1n) is 5.87. The largest absolute Gasteiger partial charge is 0.548 e. The highest BCUT2D eigenvalue weighted by atomic mass is 16.5. The van der Waals surface area contributed by atoms with Gasteiger partial charge in [-0.05, 0) is 24.6 Å². The van der Waals surface area contributed by atoms with E-state index in [0.717, 1.165) is 0 Å². The lowest BCUT2D eigenvalue weighted by Crippen LogP contribution is -2.43. The number of hydrogen-bond acceptors (Lipinski definition) is 5. The number of aliphatic carboxylic acids is 1. The number of imide groups is 1. The lowest BCUT2D eigenvalue weighted by atomic mass is 9.92. The molecule has 1 N–H and O–H groups in total. The van der Waals surface area contributed by atoms with Crippen LogP contribution in [0.25, 0.3) is 0 Å². The second-order valence-electron chi connectivity index (χ2n) is 4.55. The number of methoxy groups -OCH3 is 1. The average Bonchev–Trinajstić information content (AvgIpc) is 2.63. The van der Waals surface area contributed by atoms with Crippen LogP contribution in [0.1, 0.15) is 12.5 Å². The minimum Gasteiger partial charge on any atom is -0.548 e. The molecule has 1 aromatic carbocycles. The van der Waals surface area contributed by atoms with Gasteiger partial charge in [-0.1, -0.05) is 12.1 Å². The number of urea groups is 1. The number of carboxylic acid groups (broad SMARTS) is 1. The van der Waals surface area contributed by atoms with Crippen LogP contribution in [0.4, 0.5) is 4.79 Å². The summed E-state index contributed by atoms with van der Waals surface area (Å²) in [5, 5.41) is 13.1. The lowest BCUT2D eigenvalue weighted by Gasteiger charge is -2.22. The standard InChI is InChI=1S/C13H14N2O5/c1-13(8-3-5-9(20-2)6-4-8)11(18)15(7-10(16)17)12(19)14-13/h3-6H,7H2,1-2H3,(H,14,19)(H,16,17)/p-1/t13-/m1/s1. The van der Waals surface area contributed by atoms with Crippen molar-refractivity contribution < 1.29 is 24.2 Å². The molecule has 0 saturated carbocycles. The Morgan fingerprint density at radius 1 is 1.35 bits per heavy atom. The Bertz CT molecular complexity index is 569. The molecule has 7 nitrogen and oxygen atoms in total. The molecular formula is C13H13N2O5-. The lowest BCUT2D eigenvalue weighted by molar-refractivity contribution is -0.305. The predicted molar refractivity (Wildman–Crippen MR) is 65.6 cm³/mol. The maximum Gasteiger partial charge on any atom is 0.325 e. The number of hydrogen-bond donors (Lipinski definition) is 1. The molecule has 7 heteroatoms. The topological polar surface area (TPSA) is 98.8 Å². The number of benzene rings is 1. The van der Waals surface area contributed by atoms with Crippen molar-refractivity contribution in [2.75, 3.05) is 13.7 Å². The van der Waals surface area contributed by atoms with Crippen molar-refractivity contribution in [3.05, 3.63) is 29.8 Å². The van der Waals surface area contributed by atoms with Gasteiger partial charge in [0.05, 0.1) is 19.6 Å². The van der Waals surface area contributed by atoms with Gasteiger partial charge >= 0.3 is 6.03 Å². The highest BCUT2D eigenvalue weighted by Gasteiger charge is 2.48. The van der Waals surface area contributed by atoms with Gasteiger partial charge in [0.2, 0.25) is 0 Å². The van der Waals surface area contributed by atoms with Gasteiger partial charge in [0.25, 0.3) is 5.91 Å². The Hall–Kier alpha value is -2.57. The van der Waals surface area contributed by atoms with E-state index < -0.39 is 30.0 Å². The molecule has 0 bridgehead atoms. The molecule has 0 radical (unpaired) electrons. The number of amides is 3. The number of ether oxygens (including phenoxy) is 1. The Labute approximate surface area is 115 Å². The molecule has 20 heavy (non-hydrogen) atoms. The van der Waals surface area contributed by atoms with E-state index in [1.165, 1.54) is 14.0 Å². The first kappa shape index (κ1) is 13.9. The molecule has 2 rings (SSSR count). The smallest absolute Gasteiger partial charge is 0.325 e. The normalized spacial score (nSPS) is 21.8. The molecule has 1 heterocycles.